The molecule has 12 heteroatoms. The zero-order valence-electron chi connectivity index (χ0n) is 35.8. The summed E-state index contributed by atoms with van der Waals surface area (Å²) < 4.78 is 20.4. The molecule has 8 aromatic carbocycles. The predicted molar refractivity (Wildman–Crippen MR) is 251 cm³/mol. The van der Waals surface area contributed by atoms with Crippen molar-refractivity contribution in [2.24, 2.45) is 0 Å². The predicted octanol–water partition coefficient (Wildman–Crippen LogP) is 11.0. The third kappa shape index (κ3) is 7.47. The van der Waals surface area contributed by atoms with Crippen LogP contribution >= 0.6 is 0 Å². The van der Waals surface area contributed by atoms with Gasteiger partial charge >= 0.3 is 0 Å². The molecule has 0 saturated carbocycles. The third-order valence-corrected chi connectivity index (χ3v) is 13.0. The summed E-state index contributed by atoms with van der Waals surface area (Å²) in [6.45, 7) is 0. The van der Waals surface area contributed by atoms with Crippen molar-refractivity contribution in [3.63, 3.8) is 0 Å². The summed E-state index contributed by atoms with van der Waals surface area (Å²) in [5, 5.41) is 96.5. The highest BCUT2D eigenvalue weighted by Crippen LogP contribution is 2.60. The summed E-state index contributed by atoms with van der Waals surface area (Å²) in [6.07, 6.45) is 1.40. The first-order valence-electron chi connectivity index (χ1n) is 21.8. The lowest BCUT2D eigenvalue weighted by atomic mass is 9.76. The minimum absolute atomic E-state index is 0.0494. The van der Waals surface area contributed by atoms with E-state index >= 15 is 0 Å². The first kappa shape index (κ1) is 41.8. The molecule has 0 spiro atoms. The normalized spacial score (nSPS) is 20.0. The SMILES string of the molecule is Oc1ccc(C=Cc2cc(O)cc3c2[C@@H](c2cc(O)cc(O)c2)[C@H](c2ccc4c(c2)[C@@H](c2cc(O)cc5c2[C@@H](c2cc(O)cc(O)c2)[C@H](c2ccc(O)cc2)O5)[C@H](c2ccc(O)cc2)O4)O3)cc1. The van der Waals surface area contributed by atoms with E-state index < -0.39 is 36.1 Å². The molecule has 12 nitrogen and oxygen atoms in total. The number of benzene rings is 8. The summed E-state index contributed by atoms with van der Waals surface area (Å²) in [7, 11) is 0. The molecule has 0 radical (unpaired) electrons. The minimum atomic E-state index is -0.799. The number of aromatic hydroxyl groups is 9. The van der Waals surface area contributed by atoms with Crippen LogP contribution in [-0.2, 0) is 0 Å². The van der Waals surface area contributed by atoms with Gasteiger partial charge in [0.05, 0.1) is 17.8 Å². The maximum atomic E-state index is 11.6. The van der Waals surface area contributed by atoms with Crippen LogP contribution in [0.1, 0.15) is 97.3 Å². The summed E-state index contributed by atoms with van der Waals surface area (Å²) in [5.74, 6) is -1.32. The lowest BCUT2D eigenvalue weighted by molar-refractivity contribution is 0.219. The third-order valence-electron chi connectivity index (χ3n) is 13.0. The molecule has 3 aliphatic heterocycles. The lowest BCUT2D eigenvalue weighted by Gasteiger charge is -2.26. The van der Waals surface area contributed by atoms with Gasteiger partial charge in [0.25, 0.3) is 0 Å². The Balaban J connectivity index is 1.09. The zero-order chi connectivity index (χ0) is 47.0. The van der Waals surface area contributed by atoms with Gasteiger partial charge in [0.15, 0.2) is 0 Å². The van der Waals surface area contributed by atoms with Crippen molar-refractivity contribution in [3.8, 4) is 69.0 Å². The standard InChI is InChI=1S/C56H42O12/c57-35-10-2-28(3-11-35)1-4-31-17-42(64)26-47-49(31)50(33-18-38(60)23-39(61)19-33)56(67-47)32-9-16-46-44(22-32)52(55(66-46)30-7-14-37(59)15-8-30)45-25-43(65)27-48-53(45)51(34-20-40(62)24-41(63)21-34)54(68-48)29-5-12-36(58)13-6-29/h1-27,50-52,54-65H/t50-,51-,52+,54+,55+,56+/m1/s1. The average Bonchev–Trinajstić information content (AvgIpc) is 4.00. The van der Waals surface area contributed by atoms with Gasteiger partial charge < -0.3 is 60.2 Å². The number of hydrogen-bond donors (Lipinski definition) is 9. The van der Waals surface area contributed by atoms with Gasteiger partial charge in [-0.15, -0.1) is 0 Å². The molecule has 3 aliphatic rings. The fraction of sp³-hybridized carbons (Fsp3) is 0.107. The van der Waals surface area contributed by atoms with Gasteiger partial charge in [-0.3, -0.25) is 0 Å². The fourth-order valence-electron chi connectivity index (χ4n) is 10.2. The molecule has 11 rings (SSSR count). The average molecular weight is 907 g/mol. The molecular weight excluding hydrogens is 865 g/mol. The van der Waals surface area contributed by atoms with E-state index in [0.29, 0.717) is 72.9 Å². The highest BCUT2D eigenvalue weighted by atomic mass is 16.5. The molecule has 68 heavy (non-hydrogen) atoms. The van der Waals surface area contributed by atoms with Crippen molar-refractivity contribution in [1.29, 1.82) is 0 Å². The molecule has 0 saturated heterocycles. The Morgan fingerprint density at radius 1 is 0.294 bits per heavy atom. The fourth-order valence-corrected chi connectivity index (χ4v) is 10.2. The number of fused-ring (bicyclic) bond motifs is 3. The smallest absolute Gasteiger partial charge is 0.135 e. The summed E-state index contributed by atoms with van der Waals surface area (Å²) >= 11 is 0. The number of ether oxygens (including phenoxy) is 3. The molecule has 0 aromatic heterocycles. The Bertz CT molecular complexity index is 3250. The van der Waals surface area contributed by atoms with Gasteiger partial charge in [-0.05, 0) is 129 Å². The van der Waals surface area contributed by atoms with Gasteiger partial charge in [0.1, 0.15) is 87.3 Å². The highest BCUT2D eigenvalue weighted by Gasteiger charge is 2.47. The minimum Gasteiger partial charge on any atom is -0.508 e. The topological polar surface area (TPSA) is 210 Å². The van der Waals surface area contributed by atoms with E-state index in [2.05, 4.69) is 0 Å². The Kier molecular flexibility index (Phi) is 9.96. The molecule has 9 N–H and O–H groups in total. The maximum Gasteiger partial charge on any atom is 0.135 e. The molecular formula is C56H42O12. The molecule has 8 aromatic rings. The monoisotopic (exact) mass is 906 g/mol. The van der Waals surface area contributed by atoms with E-state index in [1.807, 2.05) is 30.4 Å². The van der Waals surface area contributed by atoms with Crippen molar-refractivity contribution in [1.82, 2.24) is 0 Å². The van der Waals surface area contributed by atoms with Crippen LogP contribution in [0.4, 0.5) is 0 Å². The summed E-state index contributed by atoms with van der Waals surface area (Å²) in [6, 6.07) is 40.6. The quantitative estimate of drug-likeness (QED) is 0.0652. The van der Waals surface area contributed by atoms with Crippen molar-refractivity contribution in [2.75, 3.05) is 0 Å². The maximum absolute atomic E-state index is 11.6. The number of phenolic OH excluding ortho intramolecular Hbond substituents is 9. The Labute approximate surface area is 389 Å². The molecule has 0 aliphatic carbocycles. The second-order valence-electron chi connectivity index (χ2n) is 17.4. The Morgan fingerprint density at radius 3 is 1.28 bits per heavy atom. The van der Waals surface area contributed by atoms with E-state index in [9.17, 15) is 46.0 Å². The van der Waals surface area contributed by atoms with Crippen LogP contribution in [0.5, 0.6) is 69.0 Å². The number of hydrogen-bond acceptors (Lipinski definition) is 12. The summed E-state index contributed by atoms with van der Waals surface area (Å²) in [4.78, 5) is 0. The molecule has 0 fully saturated rings. The highest BCUT2D eigenvalue weighted by molar-refractivity contribution is 5.76. The van der Waals surface area contributed by atoms with E-state index in [4.69, 9.17) is 14.2 Å². The van der Waals surface area contributed by atoms with Crippen LogP contribution in [0.3, 0.4) is 0 Å². The van der Waals surface area contributed by atoms with Crippen LogP contribution in [0, 0.1) is 0 Å². The van der Waals surface area contributed by atoms with Gasteiger partial charge in [0.2, 0.25) is 0 Å². The zero-order valence-corrected chi connectivity index (χ0v) is 35.8. The number of phenols is 9. The lowest BCUT2D eigenvalue weighted by Crippen LogP contribution is -2.16. The summed E-state index contributed by atoms with van der Waals surface area (Å²) in [5.41, 5.74) is 7.17. The Morgan fingerprint density at radius 2 is 0.721 bits per heavy atom. The van der Waals surface area contributed by atoms with Crippen LogP contribution in [0.2, 0.25) is 0 Å². The van der Waals surface area contributed by atoms with E-state index in [1.165, 1.54) is 24.3 Å². The first-order valence-corrected chi connectivity index (χ1v) is 21.8. The van der Waals surface area contributed by atoms with E-state index in [0.717, 1.165) is 5.56 Å². The van der Waals surface area contributed by atoms with Crippen molar-refractivity contribution >= 4 is 12.2 Å². The van der Waals surface area contributed by atoms with Crippen molar-refractivity contribution in [3.05, 3.63) is 213 Å². The molecule has 338 valence electrons. The van der Waals surface area contributed by atoms with Crippen molar-refractivity contribution < 1.29 is 60.2 Å². The van der Waals surface area contributed by atoms with E-state index in [-0.39, 0.29) is 51.7 Å². The van der Waals surface area contributed by atoms with Crippen LogP contribution in [0.15, 0.2) is 152 Å². The van der Waals surface area contributed by atoms with Gasteiger partial charge in [-0.25, -0.2) is 0 Å². The molecule has 0 amide bonds. The molecule has 3 heterocycles. The van der Waals surface area contributed by atoms with Crippen LogP contribution in [-0.4, -0.2) is 46.0 Å². The van der Waals surface area contributed by atoms with Crippen LogP contribution in [0.25, 0.3) is 12.2 Å². The second-order valence-corrected chi connectivity index (χ2v) is 17.4. The van der Waals surface area contributed by atoms with Gasteiger partial charge in [-0.2, -0.15) is 0 Å². The Hall–Kier alpha value is -8.90. The van der Waals surface area contributed by atoms with Crippen molar-refractivity contribution in [2.45, 2.75) is 36.1 Å². The molecule has 0 unspecified atom stereocenters. The van der Waals surface area contributed by atoms with Gasteiger partial charge in [0, 0.05) is 41.0 Å². The molecule has 0 bridgehead atoms. The first-order chi connectivity index (χ1) is 32.8. The van der Waals surface area contributed by atoms with Crippen LogP contribution < -0.4 is 14.2 Å². The number of rotatable bonds is 8. The van der Waals surface area contributed by atoms with E-state index in [1.54, 1.807) is 109 Å². The molecule has 6 atom stereocenters. The second kappa shape index (κ2) is 16.2. The largest absolute Gasteiger partial charge is 0.508 e. The van der Waals surface area contributed by atoms with Gasteiger partial charge in [-0.1, -0.05) is 54.6 Å².